The van der Waals surface area contributed by atoms with Gasteiger partial charge in [-0.25, -0.2) is 0 Å². The van der Waals surface area contributed by atoms with Crippen LogP contribution in [0.25, 0.3) is 93.9 Å². The van der Waals surface area contributed by atoms with Gasteiger partial charge in [-0.15, -0.1) is 0 Å². The second-order valence-corrected chi connectivity index (χ2v) is 17.5. The maximum atomic E-state index is 6.64. The first kappa shape index (κ1) is 40.1. The molecule has 67 heavy (non-hydrogen) atoms. The zero-order valence-electron chi connectivity index (χ0n) is 37.7. The minimum Gasteiger partial charge on any atom is -0.455 e. The summed E-state index contributed by atoms with van der Waals surface area (Å²) in [6.45, 7) is 4.48. The number of anilines is 3. The highest BCUT2D eigenvalue weighted by molar-refractivity contribution is 6.11. The average molecular weight is 861 g/mol. The van der Waals surface area contributed by atoms with Crippen LogP contribution in [0.4, 0.5) is 17.1 Å². The third-order valence-corrected chi connectivity index (χ3v) is 13.5. The molecule has 3 nitrogen and oxygen atoms in total. The summed E-state index contributed by atoms with van der Waals surface area (Å²) >= 11 is 0. The summed E-state index contributed by atoms with van der Waals surface area (Å²) in [6, 6.07) is 83.9. The van der Waals surface area contributed by atoms with Gasteiger partial charge in [-0.05, 0) is 142 Å². The van der Waals surface area contributed by atoms with Crippen molar-refractivity contribution in [1.82, 2.24) is 4.57 Å². The predicted molar refractivity (Wildman–Crippen MR) is 283 cm³/mol. The van der Waals surface area contributed by atoms with Crippen LogP contribution in [-0.4, -0.2) is 4.57 Å². The fourth-order valence-corrected chi connectivity index (χ4v) is 10.1. The van der Waals surface area contributed by atoms with Crippen molar-refractivity contribution in [2.75, 3.05) is 4.90 Å². The zero-order chi connectivity index (χ0) is 44.8. The third-order valence-electron chi connectivity index (χ3n) is 13.5. The number of aromatic nitrogens is 1. The number of hydrogen-bond donors (Lipinski definition) is 0. The van der Waals surface area contributed by atoms with Gasteiger partial charge in [-0.1, -0.05) is 166 Å². The summed E-state index contributed by atoms with van der Waals surface area (Å²) in [7, 11) is 0. The summed E-state index contributed by atoms with van der Waals surface area (Å²) in [5.41, 5.74) is 20.5. The monoisotopic (exact) mass is 860 g/mol. The van der Waals surface area contributed by atoms with Crippen LogP contribution in [0.5, 0.6) is 0 Å². The van der Waals surface area contributed by atoms with E-state index in [4.69, 9.17) is 4.42 Å². The molecular weight excluding hydrogens is 813 g/mol. The average Bonchev–Trinajstić information content (AvgIpc) is 3.95. The van der Waals surface area contributed by atoms with Gasteiger partial charge in [-0.2, -0.15) is 0 Å². The topological polar surface area (TPSA) is 21.3 Å². The largest absolute Gasteiger partial charge is 0.455 e. The lowest BCUT2D eigenvalue weighted by Crippen LogP contribution is -2.10. The second-order valence-electron chi connectivity index (χ2n) is 17.5. The quantitative estimate of drug-likeness (QED) is 0.137. The number of aryl methyl sites for hydroxylation is 2. The van der Waals surface area contributed by atoms with Crippen molar-refractivity contribution in [1.29, 1.82) is 0 Å². The van der Waals surface area contributed by atoms with Crippen molar-refractivity contribution in [3.8, 4) is 50.2 Å². The van der Waals surface area contributed by atoms with E-state index in [9.17, 15) is 0 Å². The summed E-state index contributed by atoms with van der Waals surface area (Å²) in [5.74, 6) is 0. The van der Waals surface area contributed by atoms with Gasteiger partial charge in [0.25, 0.3) is 0 Å². The molecule has 0 saturated carbocycles. The molecule has 2 heterocycles. The minimum absolute atomic E-state index is 0.891. The van der Waals surface area contributed by atoms with E-state index in [-0.39, 0.29) is 0 Å². The fourth-order valence-electron chi connectivity index (χ4n) is 10.1. The Balaban J connectivity index is 1.00. The molecule has 3 heteroatoms. The highest BCUT2D eigenvalue weighted by Gasteiger charge is 2.20. The molecule has 0 atom stereocenters. The first-order valence-electron chi connectivity index (χ1n) is 23.4. The maximum Gasteiger partial charge on any atom is 0.143 e. The standard InChI is InChI=1S/C64H48N2O/c1-3-43-36-44(4-2)38-54(37-43)66-61-24-13-11-20-57(61)60-42-49(30-35-62(60)66)48-28-33-53(34-29-48)65(52-31-26-47(27-32-52)45-16-7-5-8-17-45)55-40-50(46-18-9-6-10-19-46)39-51(41-55)56-22-15-23-59-58-21-12-14-25-63(58)67-64(56)59/h5-42H,3-4H2,1-2H3. The van der Waals surface area contributed by atoms with Gasteiger partial charge in [0.05, 0.1) is 11.0 Å². The van der Waals surface area contributed by atoms with Crippen LogP contribution in [0.2, 0.25) is 0 Å². The van der Waals surface area contributed by atoms with Crippen molar-refractivity contribution in [2.24, 2.45) is 0 Å². The van der Waals surface area contributed by atoms with Crippen LogP contribution in [0.15, 0.2) is 235 Å². The van der Waals surface area contributed by atoms with E-state index in [0.717, 1.165) is 74.1 Å². The van der Waals surface area contributed by atoms with E-state index in [0.29, 0.717) is 0 Å². The van der Waals surface area contributed by atoms with Gasteiger partial charge in [0.2, 0.25) is 0 Å². The zero-order valence-corrected chi connectivity index (χ0v) is 37.7. The fraction of sp³-hybridized carbons (Fsp3) is 0.0625. The van der Waals surface area contributed by atoms with Crippen molar-refractivity contribution < 1.29 is 4.42 Å². The van der Waals surface area contributed by atoms with E-state index in [1.165, 1.54) is 60.9 Å². The molecule has 0 spiro atoms. The van der Waals surface area contributed by atoms with E-state index in [2.05, 4.69) is 248 Å². The number of fused-ring (bicyclic) bond motifs is 6. The SMILES string of the molecule is CCc1cc(CC)cc(-n2c3ccccc3c3cc(-c4ccc(N(c5ccc(-c6ccccc6)cc5)c5cc(-c6ccccc6)cc(-c6cccc7c6oc6ccccc67)c5)cc4)ccc32)c1. The Labute approximate surface area is 391 Å². The second kappa shape index (κ2) is 16.9. The number of para-hydroxylation sites is 3. The van der Waals surface area contributed by atoms with Crippen LogP contribution < -0.4 is 4.90 Å². The first-order valence-corrected chi connectivity index (χ1v) is 23.4. The van der Waals surface area contributed by atoms with Crippen molar-refractivity contribution in [3.63, 3.8) is 0 Å². The summed E-state index contributed by atoms with van der Waals surface area (Å²) in [5, 5.41) is 4.74. The van der Waals surface area contributed by atoms with E-state index >= 15 is 0 Å². The van der Waals surface area contributed by atoms with Gasteiger partial charge in [0, 0.05) is 49.9 Å². The molecule has 10 aromatic carbocycles. The molecule has 0 saturated heterocycles. The molecule has 0 bridgehead atoms. The Morgan fingerprint density at radius 2 is 0.896 bits per heavy atom. The Morgan fingerprint density at radius 1 is 0.358 bits per heavy atom. The molecule has 0 N–H and O–H groups in total. The number of rotatable bonds is 10. The lowest BCUT2D eigenvalue weighted by atomic mass is 9.96. The lowest BCUT2D eigenvalue weighted by Gasteiger charge is -2.27. The number of furan rings is 1. The molecule has 0 amide bonds. The molecule has 320 valence electrons. The molecular formula is C64H48N2O. The molecule has 0 unspecified atom stereocenters. The van der Waals surface area contributed by atoms with Crippen molar-refractivity contribution in [3.05, 3.63) is 242 Å². The van der Waals surface area contributed by atoms with Gasteiger partial charge < -0.3 is 13.9 Å². The molecule has 0 aliphatic heterocycles. The highest BCUT2D eigenvalue weighted by Crippen LogP contribution is 2.44. The van der Waals surface area contributed by atoms with Gasteiger partial charge >= 0.3 is 0 Å². The van der Waals surface area contributed by atoms with Gasteiger partial charge in [0.1, 0.15) is 11.2 Å². The number of benzene rings is 10. The molecule has 0 fully saturated rings. The predicted octanol–water partition coefficient (Wildman–Crippen LogP) is 17.9. The molecule has 0 aliphatic carbocycles. The maximum absolute atomic E-state index is 6.64. The normalized spacial score (nSPS) is 11.6. The van der Waals surface area contributed by atoms with E-state index < -0.39 is 0 Å². The van der Waals surface area contributed by atoms with Crippen LogP contribution >= 0.6 is 0 Å². The summed E-state index contributed by atoms with van der Waals surface area (Å²) in [6.07, 6.45) is 2.01. The minimum atomic E-state index is 0.891. The first-order chi connectivity index (χ1) is 33.1. The van der Waals surface area contributed by atoms with Crippen LogP contribution in [0.3, 0.4) is 0 Å². The highest BCUT2D eigenvalue weighted by atomic mass is 16.3. The van der Waals surface area contributed by atoms with E-state index in [1.807, 2.05) is 6.07 Å². The van der Waals surface area contributed by atoms with Gasteiger partial charge in [0.15, 0.2) is 0 Å². The Kier molecular flexibility index (Phi) is 10.1. The molecule has 2 aromatic heterocycles. The number of nitrogens with zero attached hydrogens (tertiary/aromatic N) is 2. The molecule has 0 aliphatic rings. The molecule has 0 radical (unpaired) electrons. The van der Waals surface area contributed by atoms with E-state index in [1.54, 1.807) is 0 Å². The van der Waals surface area contributed by atoms with Crippen LogP contribution in [0, 0.1) is 0 Å². The third kappa shape index (κ3) is 7.26. The Hall–Kier alpha value is -8.40. The lowest BCUT2D eigenvalue weighted by molar-refractivity contribution is 0.670. The van der Waals surface area contributed by atoms with Crippen LogP contribution in [-0.2, 0) is 12.8 Å². The number of hydrogen-bond acceptors (Lipinski definition) is 2. The van der Waals surface area contributed by atoms with Crippen LogP contribution in [0.1, 0.15) is 25.0 Å². The Bertz CT molecular complexity index is 3730. The smallest absolute Gasteiger partial charge is 0.143 e. The van der Waals surface area contributed by atoms with Crippen molar-refractivity contribution >= 4 is 60.8 Å². The summed E-state index contributed by atoms with van der Waals surface area (Å²) < 4.78 is 9.09. The Morgan fingerprint density at radius 3 is 1.58 bits per heavy atom. The van der Waals surface area contributed by atoms with Gasteiger partial charge in [-0.3, -0.25) is 0 Å². The molecule has 12 rings (SSSR count). The summed E-state index contributed by atoms with van der Waals surface area (Å²) in [4.78, 5) is 2.39. The van der Waals surface area contributed by atoms with Crippen molar-refractivity contribution in [2.45, 2.75) is 26.7 Å². The molecule has 12 aromatic rings.